The van der Waals surface area contributed by atoms with Gasteiger partial charge in [-0.2, -0.15) is 4.98 Å². The van der Waals surface area contributed by atoms with E-state index in [1.54, 1.807) is 6.07 Å². The minimum Gasteiger partial charge on any atom is -0.437 e. The first-order valence-electron chi connectivity index (χ1n) is 7.06. The van der Waals surface area contributed by atoms with Crippen LogP contribution < -0.4 is 10.1 Å². The van der Waals surface area contributed by atoms with Gasteiger partial charge in [-0.3, -0.25) is 0 Å². The molecule has 0 saturated carbocycles. The van der Waals surface area contributed by atoms with Gasteiger partial charge in [0.15, 0.2) is 0 Å². The first-order chi connectivity index (χ1) is 9.99. The molecule has 21 heavy (non-hydrogen) atoms. The van der Waals surface area contributed by atoms with E-state index in [0.717, 1.165) is 23.8 Å². The number of hydrogen-bond donors (Lipinski definition) is 1. The van der Waals surface area contributed by atoms with Crippen molar-refractivity contribution in [2.45, 2.75) is 33.6 Å². The fourth-order valence-corrected chi connectivity index (χ4v) is 2.10. The summed E-state index contributed by atoms with van der Waals surface area (Å²) in [6.45, 7) is 8.90. The van der Waals surface area contributed by atoms with Crippen LogP contribution in [0.2, 0.25) is 5.02 Å². The number of benzene rings is 1. The van der Waals surface area contributed by atoms with Crippen molar-refractivity contribution in [1.29, 1.82) is 0 Å². The van der Waals surface area contributed by atoms with Crippen LogP contribution in [0.25, 0.3) is 0 Å². The number of nitrogens with zero attached hydrogens (tertiary/aromatic N) is 2. The molecule has 2 rings (SSSR count). The van der Waals surface area contributed by atoms with E-state index in [4.69, 9.17) is 16.3 Å². The Kier molecular flexibility index (Phi) is 5.02. The lowest BCUT2D eigenvalue weighted by molar-refractivity contribution is 0.457. The lowest BCUT2D eigenvalue weighted by atomic mass is 10.2. The third kappa shape index (κ3) is 4.08. The highest BCUT2D eigenvalue weighted by Gasteiger charge is 2.11. The van der Waals surface area contributed by atoms with Crippen LogP contribution in [0.3, 0.4) is 0 Å². The number of halogens is 1. The van der Waals surface area contributed by atoms with Crippen LogP contribution in [0.5, 0.6) is 11.6 Å². The fourth-order valence-electron chi connectivity index (χ4n) is 1.83. The quantitative estimate of drug-likeness (QED) is 0.863. The molecule has 2 aromatic rings. The first-order valence-corrected chi connectivity index (χ1v) is 7.44. The van der Waals surface area contributed by atoms with E-state index >= 15 is 0 Å². The van der Waals surface area contributed by atoms with Gasteiger partial charge < -0.3 is 10.1 Å². The van der Waals surface area contributed by atoms with Crippen LogP contribution in [-0.4, -0.2) is 16.5 Å². The maximum absolute atomic E-state index is 6.20. The summed E-state index contributed by atoms with van der Waals surface area (Å²) in [5.74, 6) is 2.81. The van der Waals surface area contributed by atoms with Crippen molar-refractivity contribution in [2.24, 2.45) is 0 Å². The van der Waals surface area contributed by atoms with Crippen molar-refractivity contribution in [2.75, 3.05) is 11.9 Å². The summed E-state index contributed by atoms with van der Waals surface area (Å²) in [5, 5.41) is 3.76. The van der Waals surface area contributed by atoms with Gasteiger partial charge in [0.25, 0.3) is 0 Å². The number of rotatable bonds is 5. The summed E-state index contributed by atoms with van der Waals surface area (Å²) in [5.41, 5.74) is 1.09. The van der Waals surface area contributed by atoms with Gasteiger partial charge in [-0.15, -0.1) is 0 Å². The molecular weight excluding hydrogens is 286 g/mol. The summed E-state index contributed by atoms with van der Waals surface area (Å²) >= 11 is 6.20. The smallest absolute Gasteiger partial charge is 0.224 e. The Balaban J connectivity index is 2.33. The van der Waals surface area contributed by atoms with Gasteiger partial charge in [0.1, 0.15) is 17.4 Å². The molecule has 1 aromatic carbocycles. The van der Waals surface area contributed by atoms with Gasteiger partial charge in [0.2, 0.25) is 5.88 Å². The Bertz CT molecular complexity index is 629. The molecule has 5 heteroatoms. The van der Waals surface area contributed by atoms with Gasteiger partial charge >= 0.3 is 0 Å². The predicted octanol–water partition coefficient (Wildman–Crippen LogP) is 4.79. The Morgan fingerprint density at radius 3 is 2.62 bits per heavy atom. The highest BCUT2D eigenvalue weighted by molar-refractivity contribution is 6.32. The van der Waals surface area contributed by atoms with E-state index in [9.17, 15) is 0 Å². The summed E-state index contributed by atoms with van der Waals surface area (Å²) in [6.07, 6.45) is 0. The topological polar surface area (TPSA) is 47.0 Å². The van der Waals surface area contributed by atoms with Crippen molar-refractivity contribution in [3.8, 4) is 11.6 Å². The zero-order chi connectivity index (χ0) is 15.4. The minimum atomic E-state index is 0.222. The number of aryl methyl sites for hydroxylation is 1. The van der Waals surface area contributed by atoms with Gasteiger partial charge in [-0.25, -0.2) is 4.98 Å². The summed E-state index contributed by atoms with van der Waals surface area (Å²) in [7, 11) is 0. The predicted molar refractivity (Wildman–Crippen MR) is 86.5 cm³/mol. The van der Waals surface area contributed by atoms with E-state index < -0.39 is 0 Å². The molecule has 0 saturated heterocycles. The number of ether oxygens (including phenoxy) is 1. The van der Waals surface area contributed by atoms with Gasteiger partial charge in [-0.05, 0) is 31.5 Å². The normalized spacial score (nSPS) is 10.8. The van der Waals surface area contributed by atoms with Crippen molar-refractivity contribution in [3.63, 3.8) is 0 Å². The van der Waals surface area contributed by atoms with E-state index in [2.05, 4.69) is 15.3 Å². The molecule has 0 unspecified atom stereocenters. The Labute approximate surface area is 130 Å². The lowest BCUT2D eigenvalue weighted by Gasteiger charge is -2.12. The number of anilines is 1. The molecule has 1 heterocycles. The van der Waals surface area contributed by atoms with Crippen molar-refractivity contribution in [1.82, 2.24) is 9.97 Å². The Morgan fingerprint density at radius 2 is 2.00 bits per heavy atom. The average Bonchev–Trinajstić information content (AvgIpc) is 2.42. The largest absolute Gasteiger partial charge is 0.437 e. The van der Waals surface area contributed by atoms with Crippen molar-refractivity contribution in [3.05, 3.63) is 40.7 Å². The first kappa shape index (κ1) is 15.6. The summed E-state index contributed by atoms with van der Waals surface area (Å²) in [4.78, 5) is 8.91. The Morgan fingerprint density at radius 1 is 1.24 bits per heavy atom. The molecule has 0 atom stereocenters. The lowest BCUT2D eigenvalue weighted by Crippen LogP contribution is -2.06. The molecule has 0 aliphatic carbocycles. The molecule has 4 nitrogen and oxygen atoms in total. The molecular formula is C16H20ClN3O. The average molecular weight is 306 g/mol. The van der Waals surface area contributed by atoms with Crippen LogP contribution in [0, 0.1) is 6.92 Å². The highest BCUT2D eigenvalue weighted by atomic mass is 35.5. The van der Waals surface area contributed by atoms with E-state index in [1.165, 1.54) is 0 Å². The third-order valence-electron chi connectivity index (χ3n) is 2.90. The van der Waals surface area contributed by atoms with Crippen LogP contribution in [-0.2, 0) is 0 Å². The number of nitrogens with one attached hydrogen (secondary N) is 1. The van der Waals surface area contributed by atoms with Gasteiger partial charge in [0, 0.05) is 18.5 Å². The monoisotopic (exact) mass is 305 g/mol. The van der Waals surface area contributed by atoms with Crippen LogP contribution in [0.4, 0.5) is 5.82 Å². The molecule has 0 amide bonds. The van der Waals surface area contributed by atoms with E-state index in [0.29, 0.717) is 16.7 Å². The van der Waals surface area contributed by atoms with E-state index in [-0.39, 0.29) is 5.92 Å². The second kappa shape index (κ2) is 6.76. The second-order valence-electron chi connectivity index (χ2n) is 5.17. The van der Waals surface area contributed by atoms with Crippen molar-refractivity contribution >= 4 is 17.4 Å². The molecule has 0 spiro atoms. The zero-order valence-electron chi connectivity index (χ0n) is 12.8. The van der Waals surface area contributed by atoms with Gasteiger partial charge in [0.05, 0.1) is 5.02 Å². The summed E-state index contributed by atoms with van der Waals surface area (Å²) < 4.78 is 5.82. The molecule has 0 radical (unpaired) electrons. The number of aromatic nitrogens is 2. The summed E-state index contributed by atoms with van der Waals surface area (Å²) in [6, 6.07) is 7.46. The minimum absolute atomic E-state index is 0.222. The van der Waals surface area contributed by atoms with Gasteiger partial charge in [-0.1, -0.05) is 31.5 Å². The SMILES string of the molecule is CCNc1cc(Oc2ccc(C)cc2Cl)nc(C(C)C)n1. The van der Waals surface area contributed by atoms with E-state index in [1.807, 2.05) is 45.9 Å². The molecule has 0 aliphatic heterocycles. The molecule has 0 fully saturated rings. The third-order valence-corrected chi connectivity index (χ3v) is 3.19. The molecule has 1 aromatic heterocycles. The van der Waals surface area contributed by atoms with Crippen LogP contribution in [0.15, 0.2) is 24.3 Å². The van der Waals surface area contributed by atoms with Crippen LogP contribution in [0.1, 0.15) is 38.1 Å². The fraction of sp³-hybridized carbons (Fsp3) is 0.375. The highest BCUT2D eigenvalue weighted by Crippen LogP contribution is 2.30. The Hall–Kier alpha value is -1.81. The standard InChI is InChI=1S/C16H20ClN3O/c1-5-18-14-9-15(20-16(19-14)10(2)3)21-13-7-6-11(4)8-12(13)17/h6-10H,5H2,1-4H3,(H,18,19,20). The molecule has 0 bridgehead atoms. The second-order valence-corrected chi connectivity index (χ2v) is 5.58. The van der Waals surface area contributed by atoms with Crippen molar-refractivity contribution < 1.29 is 4.74 Å². The maximum Gasteiger partial charge on any atom is 0.224 e. The molecule has 112 valence electrons. The molecule has 1 N–H and O–H groups in total. The maximum atomic E-state index is 6.20. The van der Waals surface area contributed by atoms with Crippen LogP contribution >= 0.6 is 11.6 Å². The number of hydrogen-bond acceptors (Lipinski definition) is 4. The molecule has 0 aliphatic rings. The zero-order valence-corrected chi connectivity index (χ0v) is 13.5.